The van der Waals surface area contributed by atoms with Gasteiger partial charge in [0.2, 0.25) is 5.91 Å². The number of hydrogen-bond donors (Lipinski definition) is 3. The zero-order valence-electron chi connectivity index (χ0n) is 11.2. The van der Waals surface area contributed by atoms with Gasteiger partial charge in [0.05, 0.1) is 12.6 Å². The molecule has 0 bridgehead atoms. The molecule has 4 nitrogen and oxygen atoms in total. The zero-order valence-corrected chi connectivity index (χ0v) is 11.2. The number of piperidine rings is 1. The number of carbonyl (C=O) groups excluding carboxylic acids is 1. The standard InChI is InChI=1S/C14H26N2O2/c17-11-14(7-3-1-4-8-14)10-16-13(18)12-6-2-5-9-15-12/h12,15,17H,1-11H2,(H,16,18). The molecule has 18 heavy (non-hydrogen) atoms. The SMILES string of the molecule is O=C(NCC1(CO)CCCCC1)C1CCCCN1. The Bertz CT molecular complexity index is 269. The highest BCUT2D eigenvalue weighted by Gasteiger charge is 2.32. The molecule has 3 N–H and O–H groups in total. The summed E-state index contributed by atoms with van der Waals surface area (Å²) in [6.45, 7) is 1.79. The second-order valence-electron chi connectivity index (χ2n) is 5.94. The van der Waals surface area contributed by atoms with Crippen molar-refractivity contribution in [3.63, 3.8) is 0 Å². The Hall–Kier alpha value is -0.610. The minimum Gasteiger partial charge on any atom is -0.396 e. The summed E-state index contributed by atoms with van der Waals surface area (Å²) < 4.78 is 0. The number of carbonyl (C=O) groups is 1. The van der Waals surface area contributed by atoms with Gasteiger partial charge in [0.1, 0.15) is 0 Å². The topological polar surface area (TPSA) is 61.4 Å². The molecule has 2 aliphatic rings. The van der Waals surface area contributed by atoms with E-state index in [4.69, 9.17) is 0 Å². The molecular weight excluding hydrogens is 228 g/mol. The fourth-order valence-electron chi connectivity index (χ4n) is 3.17. The Labute approximate surface area is 110 Å². The molecule has 0 aromatic heterocycles. The maximum Gasteiger partial charge on any atom is 0.237 e. The van der Waals surface area contributed by atoms with Crippen LogP contribution in [-0.2, 0) is 4.79 Å². The molecule has 4 heteroatoms. The van der Waals surface area contributed by atoms with E-state index in [0.29, 0.717) is 6.54 Å². The van der Waals surface area contributed by atoms with Crippen LogP contribution in [-0.4, -0.2) is 36.8 Å². The first-order valence-electron chi connectivity index (χ1n) is 7.38. The first-order chi connectivity index (χ1) is 8.76. The second kappa shape index (κ2) is 6.53. The first kappa shape index (κ1) is 13.8. The lowest BCUT2D eigenvalue weighted by Gasteiger charge is -2.36. The van der Waals surface area contributed by atoms with Crippen LogP contribution in [0.1, 0.15) is 51.4 Å². The summed E-state index contributed by atoms with van der Waals surface area (Å²) in [5.41, 5.74) is -0.0530. The third-order valence-electron chi connectivity index (χ3n) is 4.51. The fourth-order valence-corrected chi connectivity index (χ4v) is 3.17. The number of amides is 1. The fraction of sp³-hybridized carbons (Fsp3) is 0.929. The largest absolute Gasteiger partial charge is 0.396 e. The van der Waals surface area contributed by atoms with Gasteiger partial charge in [-0.25, -0.2) is 0 Å². The van der Waals surface area contributed by atoms with Gasteiger partial charge < -0.3 is 15.7 Å². The smallest absolute Gasteiger partial charge is 0.237 e. The van der Waals surface area contributed by atoms with Crippen molar-refractivity contribution in [2.45, 2.75) is 57.4 Å². The molecule has 1 aliphatic heterocycles. The van der Waals surface area contributed by atoms with E-state index in [1.807, 2.05) is 0 Å². The summed E-state index contributed by atoms with van der Waals surface area (Å²) >= 11 is 0. The van der Waals surface area contributed by atoms with Crippen molar-refractivity contribution in [2.24, 2.45) is 5.41 Å². The highest BCUT2D eigenvalue weighted by molar-refractivity contribution is 5.81. The molecule has 1 heterocycles. The van der Waals surface area contributed by atoms with Crippen LogP contribution < -0.4 is 10.6 Å². The minimum atomic E-state index is -0.0530. The van der Waals surface area contributed by atoms with Crippen LogP contribution in [0, 0.1) is 5.41 Å². The quantitative estimate of drug-likeness (QED) is 0.706. The van der Waals surface area contributed by atoms with Gasteiger partial charge in [0.25, 0.3) is 0 Å². The van der Waals surface area contributed by atoms with Crippen molar-refractivity contribution in [2.75, 3.05) is 19.7 Å². The molecule has 2 rings (SSSR count). The third-order valence-corrected chi connectivity index (χ3v) is 4.51. The Morgan fingerprint density at radius 2 is 2.00 bits per heavy atom. The predicted octanol–water partition coefficient (Wildman–Crippen LogP) is 1.19. The van der Waals surface area contributed by atoms with E-state index in [1.54, 1.807) is 0 Å². The Kier molecular flexibility index (Phi) is 5.01. The van der Waals surface area contributed by atoms with E-state index in [0.717, 1.165) is 32.2 Å². The normalized spacial score (nSPS) is 27.7. The number of nitrogens with one attached hydrogen (secondary N) is 2. The van der Waals surface area contributed by atoms with E-state index in [2.05, 4.69) is 10.6 Å². The van der Waals surface area contributed by atoms with Crippen LogP contribution in [0.4, 0.5) is 0 Å². The molecule has 0 radical (unpaired) electrons. The molecule has 1 saturated heterocycles. The second-order valence-corrected chi connectivity index (χ2v) is 5.94. The van der Waals surface area contributed by atoms with Crippen LogP contribution >= 0.6 is 0 Å². The summed E-state index contributed by atoms with van der Waals surface area (Å²) in [6.07, 6.45) is 8.96. The number of rotatable bonds is 4. The lowest BCUT2D eigenvalue weighted by Crippen LogP contribution is -2.50. The molecule has 1 amide bonds. The Balaban J connectivity index is 1.79. The molecule has 104 valence electrons. The van der Waals surface area contributed by atoms with E-state index < -0.39 is 0 Å². The molecule has 0 aromatic rings. The van der Waals surface area contributed by atoms with Gasteiger partial charge in [-0.05, 0) is 32.2 Å². The van der Waals surface area contributed by atoms with E-state index in [9.17, 15) is 9.90 Å². The highest BCUT2D eigenvalue weighted by Crippen LogP contribution is 2.35. The monoisotopic (exact) mass is 254 g/mol. The van der Waals surface area contributed by atoms with Gasteiger partial charge in [0, 0.05) is 12.0 Å². The Morgan fingerprint density at radius 3 is 2.61 bits per heavy atom. The predicted molar refractivity (Wildman–Crippen MR) is 71.3 cm³/mol. The lowest BCUT2D eigenvalue weighted by atomic mass is 9.74. The van der Waals surface area contributed by atoms with E-state index in [1.165, 1.54) is 25.7 Å². The van der Waals surface area contributed by atoms with Gasteiger partial charge in [-0.3, -0.25) is 4.79 Å². The minimum absolute atomic E-state index is 0.0157. The maximum atomic E-state index is 12.0. The van der Waals surface area contributed by atoms with Gasteiger partial charge in [0.15, 0.2) is 0 Å². The van der Waals surface area contributed by atoms with Crippen molar-refractivity contribution in [1.29, 1.82) is 0 Å². The third kappa shape index (κ3) is 3.45. The molecule has 1 unspecified atom stereocenters. The molecular formula is C14H26N2O2. The average molecular weight is 254 g/mol. The number of hydrogen-bond acceptors (Lipinski definition) is 3. The summed E-state index contributed by atoms with van der Waals surface area (Å²) in [4.78, 5) is 12.0. The van der Waals surface area contributed by atoms with E-state index in [-0.39, 0.29) is 24.0 Å². The van der Waals surface area contributed by atoms with Gasteiger partial charge >= 0.3 is 0 Å². The van der Waals surface area contributed by atoms with Crippen molar-refractivity contribution in [3.8, 4) is 0 Å². The van der Waals surface area contributed by atoms with E-state index >= 15 is 0 Å². The van der Waals surface area contributed by atoms with Crippen LogP contribution in [0.3, 0.4) is 0 Å². The van der Waals surface area contributed by atoms with Gasteiger partial charge in [-0.15, -0.1) is 0 Å². The van der Waals surface area contributed by atoms with Gasteiger partial charge in [-0.1, -0.05) is 25.7 Å². The maximum absolute atomic E-state index is 12.0. The van der Waals surface area contributed by atoms with Gasteiger partial charge in [-0.2, -0.15) is 0 Å². The summed E-state index contributed by atoms with van der Waals surface area (Å²) in [5.74, 6) is 0.119. The van der Waals surface area contributed by atoms with Crippen LogP contribution in [0.15, 0.2) is 0 Å². The van der Waals surface area contributed by atoms with Crippen molar-refractivity contribution < 1.29 is 9.90 Å². The summed E-state index contributed by atoms with van der Waals surface area (Å²) in [7, 11) is 0. The van der Waals surface area contributed by atoms with Crippen molar-refractivity contribution >= 4 is 5.91 Å². The summed E-state index contributed by atoms with van der Waals surface area (Å²) in [6, 6.07) is -0.0157. The lowest BCUT2D eigenvalue weighted by molar-refractivity contribution is -0.124. The molecule has 1 atom stereocenters. The molecule has 2 fully saturated rings. The van der Waals surface area contributed by atoms with Crippen LogP contribution in [0.25, 0.3) is 0 Å². The van der Waals surface area contributed by atoms with Crippen LogP contribution in [0.5, 0.6) is 0 Å². The Morgan fingerprint density at radius 1 is 1.22 bits per heavy atom. The molecule has 1 saturated carbocycles. The first-order valence-corrected chi connectivity index (χ1v) is 7.38. The number of aliphatic hydroxyl groups is 1. The average Bonchev–Trinajstić information content (AvgIpc) is 2.47. The zero-order chi connectivity index (χ0) is 12.8. The highest BCUT2D eigenvalue weighted by atomic mass is 16.3. The van der Waals surface area contributed by atoms with Crippen molar-refractivity contribution in [1.82, 2.24) is 10.6 Å². The molecule has 1 aliphatic carbocycles. The molecule has 0 aromatic carbocycles. The van der Waals surface area contributed by atoms with Crippen molar-refractivity contribution in [3.05, 3.63) is 0 Å². The number of aliphatic hydroxyl groups excluding tert-OH is 1. The molecule has 0 spiro atoms. The summed E-state index contributed by atoms with van der Waals surface area (Å²) in [5, 5.41) is 15.9. The van der Waals surface area contributed by atoms with Crippen LogP contribution in [0.2, 0.25) is 0 Å².